The van der Waals surface area contributed by atoms with Crippen molar-refractivity contribution in [2.45, 2.75) is 6.92 Å². The molecule has 8 nitrogen and oxygen atoms in total. The van der Waals surface area contributed by atoms with Crippen molar-refractivity contribution in [3.63, 3.8) is 0 Å². The molecule has 0 aromatic carbocycles. The molecule has 0 spiro atoms. The maximum atomic E-state index is 11.7. The predicted molar refractivity (Wildman–Crippen MR) is 77.4 cm³/mol. The van der Waals surface area contributed by atoms with Crippen LogP contribution in [0.25, 0.3) is 11.0 Å². The molecule has 0 aliphatic rings. The average Bonchev–Trinajstić information content (AvgIpc) is 2.79. The van der Waals surface area contributed by atoms with Crippen LogP contribution >= 0.6 is 0 Å². The van der Waals surface area contributed by atoms with Crippen molar-refractivity contribution in [2.75, 3.05) is 25.0 Å². The maximum Gasteiger partial charge on any atom is 0.339 e. The van der Waals surface area contributed by atoms with Gasteiger partial charge in [-0.25, -0.2) is 9.78 Å². The fourth-order valence-electron chi connectivity index (χ4n) is 2.20. The van der Waals surface area contributed by atoms with Crippen molar-refractivity contribution >= 4 is 28.6 Å². The van der Waals surface area contributed by atoms with Crippen LogP contribution in [0.1, 0.15) is 17.3 Å². The summed E-state index contributed by atoms with van der Waals surface area (Å²) in [4.78, 5) is 28.8. The Morgan fingerprint density at radius 3 is 2.76 bits per heavy atom. The van der Waals surface area contributed by atoms with E-state index in [2.05, 4.69) is 15.4 Å². The molecule has 2 N–H and O–H groups in total. The molecule has 0 atom stereocenters. The van der Waals surface area contributed by atoms with Crippen LogP contribution in [0.2, 0.25) is 0 Å². The Morgan fingerprint density at radius 1 is 1.43 bits per heavy atom. The number of hydrogen-bond donors (Lipinski definition) is 2. The van der Waals surface area contributed by atoms with Gasteiger partial charge >= 0.3 is 5.97 Å². The summed E-state index contributed by atoms with van der Waals surface area (Å²) in [7, 11) is 3.40. The molecule has 0 bridgehead atoms. The highest BCUT2D eigenvalue weighted by molar-refractivity contribution is 6.04. The SMILES string of the molecule is CCNC(=O)CN(C)c1c(C(=O)O)cnc2c1cnn2C. The molecule has 0 aliphatic heterocycles. The van der Waals surface area contributed by atoms with Gasteiger partial charge in [0.1, 0.15) is 5.56 Å². The first-order chi connectivity index (χ1) is 9.95. The number of aromatic nitrogens is 3. The van der Waals surface area contributed by atoms with Crippen molar-refractivity contribution in [1.82, 2.24) is 20.1 Å². The fourth-order valence-corrected chi connectivity index (χ4v) is 2.20. The Morgan fingerprint density at radius 2 is 2.14 bits per heavy atom. The molecule has 0 radical (unpaired) electrons. The number of rotatable bonds is 5. The highest BCUT2D eigenvalue weighted by Crippen LogP contribution is 2.28. The third kappa shape index (κ3) is 2.78. The van der Waals surface area contributed by atoms with Crippen LogP contribution < -0.4 is 10.2 Å². The molecular weight excluding hydrogens is 274 g/mol. The van der Waals surface area contributed by atoms with Gasteiger partial charge in [-0.05, 0) is 6.92 Å². The lowest BCUT2D eigenvalue weighted by molar-refractivity contribution is -0.119. The van der Waals surface area contributed by atoms with Gasteiger partial charge in [-0.15, -0.1) is 0 Å². The third-order valence-electron chi connectivity index (χ3n) is 3.10. The molecule has 0 aliphatic carbocycles. The zero-order chi connectivity index (χ0) is 15.6. The molecule has 2 rings (SSSR count). The molecule has 8 heteroatoms. The number of aryl methyl sites for hydroxylation is 1. The Hall–Kier alpha value is -2.64. The Balaban J connectivity index is 2.50. The second-order valence-electron chi connectivity index (χ2n) is 4.64. The van der Waals surface area contributed by atoms with Gasteiger partial charge in [-0.3, -0.25) is 9.48 Å². The summed E-state index contributed by atoms with van der Waals surface area (Å²) in [6.45, 7) is 2.41. The standard InChI is InChI=1S/C13H17N5O3/c1-4-14-10(19)7-17(2)11-8-6-16-18(3)12(8)15-5-9(11)13(20)21/h5-6H,4,7H2,1-3H3,(H,14,19)(H,20,21). The summed E-state index contributed by atoms with van der Waals surface area (Å²) < 4.78 is 1.56. The van der Waals surface area contributed by atoms with Crippen LogP contribution in [0.4, 0.5) is 5.69 Å². The van der Waals surface area contributed by atoms with E-state index in [4.69, 9.17) is 0 Å². The Kier molecular flexibility index (Phi) is 4.06. The van der Waals surface area contributed by atoms with E-state index >= 15 is 0 Å². The molecule has 2 aromatic rings. The highest BCUT2D eigenvalue weighted by atomic mass is 16.4. The second-order valence-corrected chi connectivity index (χ2v) is 4.64. The van der Waals surface area contributed by atoms with Gasteiger partial charge in [0.25, 0.3) is 0 Å². The number of likely N-dealkylation sites (N-methyl/N-ethyl adjacent to an activating group) is 2. The van der Waals surface area contributed by atoms with Crippen LogP contribution in [0, 0.1) is 0 Å². The molecule has 2 aromatic heterocycles. The zero-order valence-electron chi connectivity index (χ0n) is 12.1. The van der Waals surface area contributed by atoms with Crippen LogP contribution in [0.5, 0.6) is 0 Å². The molecule has 2 heterocycles. The summed E-state index contributed by atoms with van der Waals surface area (Å²) in [6, 6.07) is 0. The molecule has 21 heavy (non-hydrogen) atoms. The van der Waals surface area contributed by atoms with Crippen molar-refractivity contribution in [2.24, 2.45) is 7.05 Å². The lowest BCUT2D eigenvalue weighted by Gasteiger charge is -2.21. The fraction of sp³-hybridized carbons (Fsp3) is 0.385. The van der Waals surface area contributed by atoms with Gasteiger partial charge in [0.2, 0.25) is 5.91 Å². The summed E-state index contributed by atoms with van der Waals surface area (Å²) in [6.07, 6.45) is 2.84. The number of pyridine rings is 1. The third-order valence-corrected chi connectivity index (χ3v) is 3.10. The largest absolute Gasteiger partial charge is 0.478 e. The van der Waals surface area contributed by atoms with E-state index in [1.165, 1.54) is 6.20 Å². The molecule has 1 amide bonds. The van der Waals surface area contributed by atoms with E-state index in [9.17, 15) is 14.7 Å². The topological polar surface area (TPSA) is 100 Å². The van der Waals surface area contributed by atoms with E-state index < -0.39 is 5.97 Å². The molecule has 0 saturated carbocycles. The van der Waals surface area contributed by atoms with Crippen molar-refractivity contribution < 1.29 is 14.7 Å². The summed E-state index contributed by atoms with van der Waals surface area (Å²) in [5.41, 5.74) is 1.05. The first-order valence-corrected chi connectivity index (χ1v) is 6.47. The lowest BCUT2D eigenvalue weighted by Crippen LogP contribution is -2.35. The number of amides is 1. The second kappa shape index (κ2) is 5.78. The first kappa shape index (κ1) is 14.8. The smallest absolute Gasteiger partial charge is 0.339 e. The van der Waals surface area contributed by atoms with E-state index in [0.29, 0.717) is 23.3 Å². The molecule has 0 fully saturated rings. The number of nitrogens with one attached hydrogen (secondary N) is 1. The quantitative estimate of drug-likeness (QED) is 0.818. The average molecular weight is 291 g/mol. The number of aromatic carboxylic acids is 1. The van der Waals surface area contributed by atoms with Gasteiger partial charge in [0.15, 0.2) is 5.65 Å². The highest BCUT2D eigenvalue weighted by Gasteiger charge is 2.21. The van der Waals surface area contributed by atoms with Crippen molar-refractivity contribution in [3.05, 3.63) is 18.0 Å². The lowest BCUT2D eigenvalue weighted by atomic mass is 10.1. The number of hydrogen-bond acceptors (Lipinski definition) is 5. The van der Waals surface area contributed by atoms with Gasteiger partial charge in [0, 0.05) is 26.8 Å². The predicted octanol–water partition coefficient (Wildman–Crippen LogP) is 0.239. The molecule has 112 valence electrons. The molecule has 0 unspecified atom stereocenters. The molecular formula is C13H17N5O3. The summed E-state index contributed by atoms with van der Waals surface area (Å²) in [5, 5.41) is 16.7. The maximum absolute atomic E-state index is 11.7. The van der Waals surface area contributed by atoms with E-state index in [1.807, 2.05) is 6.92 Å². The van der Waals surface area contributed by atoms with Crippen molar-refractivity contribution in [3.8, 4) is 0 Å². The van der Waals surface area contributed by atoms with Crippen LogP contribution in [-0.2, 0) is 11.8 Å². The monoisotopic (exact) mass is 291 g/mol. The normalized spacial score (nSPS) is 10.6. The van der Waals surface area contributed by atoms with Gasteiger partial charge in [-0.2, -0.15) is 5.10 Å². The van der Waals surface area contributed by atoms with Gasteiger partial charge in [-0.1, -0.05) is 0 Å². The van der Waals surface area contributed by atoms with E-state index in [1.54, 1.807) is 29.9 Å². The summed E-state index contributed by atoms with van der Waals surface area (Å²) >= 11 is 0. The van der Waals surface area contributed by atoms with Crippen molar-refractivity contribution in [1.29, 1.82) is 0 Å². The number of nitrogens with zero attached hydrogens (tertiary/aromatic N) is 4. The van der Waals surface area contributed by atoms with E-state index in [-0.39, 0.29) is 18.0 Å². The number of carbonyl (C=O) groups is 2. The van der Waals surface area contributed by atoms with Gasteiger partial charge in [0.05, 0.1) is 23.8 Å². The van der Waals surface area contributed by atoms with Gasteiger partial charge < -0.3 is 15.3 Å². The number of anilines is 1. The Labute approximate surface area is 121 Å². The summed E-state index contributed by atoms with van der Waals surface area (Å²) in [5.74, 6) is -1.27. The number of carboxylic acid groups (broad SMARTS) is 1. The van der Waals surface area contributed by atoms with E-state index in [0.717, 1.165) is 0 Å². The number of carboxylic acids is 1. The zero-order valence-corrected chi connectivity index (χ0v) is 12.1. The Bertz CT molecular complexity index is 694. The number of fused-ring (bicyclic) bond motifs is 1. The first-order valence-electron chi connectivity index (χ1n) is 6.47. The number of carbonyl (C=O) groups excluding carboxylic acids is 1. The minimum atomic E-state index is -1.09. The minimum Gasteiger partial charge on any atom is -0.478 e. The van der Waals surface area contributed by atoms with Crippen LogP contribution in [-0.4, -0.2) is 51.9 Å². The van der Waals surface area contributed by atoms with Crippen LogP contribution in [0.15, 0.2) is 12.4 Å². The van der Waals surface area contributed by atoms with Crippen LogP contribution in [0.3, 0.4) is 0 Å². The minimum absolute atomic E-state index is 0.0438. The molecule has 0 saturated heterocycles.